The van der Waals surface area contributed by atoms with E-state index < -0.39 is 5.82 Å². The molecule has 0 aromatic carbocycles. The molecule has 10 heteroatoms. The third-order valence-electron chi connectivity index (χ3n) is 6.09. The van der Waals surface area contributed by atoms with Gasteiger partial charge in [0.2, 0.25) is 0 Å². The lowest BCUT2D eigenvalue weighted by molar-refractivity contribution is 0.638. The van der Waals surface area contributed by atoms with Crippen molar-refractivity contribution in [3.63, 3.8) is 0 Å². The van der Waals surface area contributed by atoms with Gasteiger partial charge < -0.3 is 10.3 Å². The summed E-state index contributed by atoms with van der Waals surface area (Å²) >= 11 is 0. The van der Waals surface area contributed by atoms with Gasteiger partial charge in [0.05, 0.1) is 46.4 Å². The first kappa shape index (κ1) is 23.4. The summed E-state index contributed by atoms with van der Waals surface area (Å²) in [5.41, 5.74) is 5.95. The number of nitrogens with one attached hydrogen (secondary N) is 3. The van der Waals surface area contributed by atoms with Crippen molar-refractivity contribution in [2.75, 3.05) is 5.32 Å². The van der Waals surface area contributed by atoms with Gasteiger partial charge in [-0.3, -0.25) is 25.0 Å². The quantitative estimate of drug-likeness (QED) is 0.239. The SMILES string of the molecule is C=C(CC(C)C)Nc1cncc(-c2ncc3[nH]nc(-c4nc5c(-c6ccccn6)cncc5[nH]4)c3c2F)c1. The lowest BCUT2D eigenvalue weighted by atomic mass is 10.1. The zero-order valence-corrected chi connectivity index (χ0v) is 20.8. The van der Waals surface area contributed by atoms with E-state index >= 15 is 4.39 Å². The lowest BCUT2D eigenvalue weighted by Crippen LogP contribution is -2.02. The summed E-state index contributed by atoms with van der Waals surface area (Å²) in [6.07, 6.45) is 10.7. The van der Waals surface area contributed by atoms with Crippen molar-refractivity contribution < 1.29 is 4.39 Å². The molecule has 9 nitrogen and oxygen atoms in total. The fraction of sp³-hybridized carbons (Fsp3) is 0.143. The number of hydrogen-bond donors (Lipinski definition) is 3. The average molecular weight is 506 g/mol. The molecule has 6 heterocycles. The highest BCUT2D eigenvalue weighted by molar-refractivity contribution is 5.97. The molecule has 0 aliphatic rings. The number of aromatic nitrogens is 8. The zero-order valence-electron chi connectivity index (χ0n) is 20.8. The maximum absolute atomic E-state index is 16.0. The summed E-state index contributed by atoms with van der Waals surface area (Å²) in [6.45, 7) is 8.32. The smallest absolute Gasteiger partial charge is 0.161 e. The Bertz CT molecular complexity index is 1790. The topological polar surface area (TPSA) is 121 Å². The van der Waals surface area contributed by atoms with Crippen LogP contribution in [0.3, 0.4) is 0 Å². The van der Waals surface area contributed by atoms with Crippen molar-refractivity contribution in [3.05, 3.63) is 79.5 Å². The van der Waals surface area contributed by atoms with Gasteiger partial charge in [-0.15, -0.1) is 0 Å². The number of rotatable bonds is 7. The molecule has 0 fully saturated rings. The molecule has 0 bridgehead atoms. The summed E-state index contributed by atoms with van der Waals surface area (Å²) in [4.78, 5) is 25.4. The average Bonchev–Trinajstić information content (AvgIpc) is 3.54. The third-order valence-corrected chi connectivity index (χ3v) is 6.09. The van der Waals surface area contributed by atoms with Gasteiger partial charge >= 0.3 is 0 Å². The number of nitrogens with zero attached hydrogens (tertiary/aromatic N) is 6. The van der Waals surface area contributed by atoms with Gasteiger partial charge in [-0.25, -0.2) is 9.37 Å². The van der Waals surface area contributed by atoms with E-state index in [0.29, 0.717) is 45.2 Å². The molecule has 188 valence electrons. The molecule has 6 rings (SSSR count). The van der Waals surface area contributed by atoms with Crippen LogP contribution in [0.15, 0.2) is 73.7 Å². The van der Waals surface area contributed by atoms with Gasteiger partial charge in [0.25, 0.3) is 0 Å². The van der Waals surface area contributed by atoms with Gasteiger partial charge in [0.1, 0.15) is 16.9 Å². The Morgan fingerprint density at radius 2 is 1.89 bits per heavy atom. The van der Waals surface area contributed by atoms with Crippen molar-refractivity contribution >= 4 is 27.6 Å². The van der Waals surface area contributed by atoms with Crippen molar-refractivity contribution in [1.82, 2.24) is 40.1 Å². The molecule has 0 spiro atoms. The first-order valence-corrected chi connectivity index (χ1v) is 12.2. The second-order valence-electron chi connectivity index (χ2n) is 9.45. The van der Waals surface area contributed by atoms with Gasteiger partial charge in [-0.2, -0.15) is 5.10 Å². The van der Waals surface area contributed by atoms with E-state index in [-0.39, 0.29) is 11.1 Å². The van der Waals surface area contributed by atoms with Gasteiger partial charge in [-0.05, 0) is 30.5 Å². The largest absolute Gasteiger partial charge is 0.358 e. The Morgan fingerprint density at radius 3 is 2.71 bits per heavy atom. The number of imidazole rings is 1. The Labute approximate surface area is 217 Å². The fourth-order valence-corrected chi connectivity index (χ4v) is 4.49. The number of anilines is 1. The molecule has 0 radical (unpaired) electrons. The van der Waals surface area contributed by atoms with E-state index in [1.54, 1.807) is 37.2 Å². The Hall–Kier alpha value is -4.99. The highest BCUT2D eigenvalue weighted by Crippen LogP contribution is 2.34. The van der Waals surface area contributed by atoms with Crippen LogP contribution in [0.2, 0.25) is 0 Å². The van der Waals surface area contributed by atoms with Crippen LogP contribution in [0.1, 0.15) is 20.3 Å². The van der Waals surface area contributed by atoms with Crippen LogP contribution in [-0.4, -0.2) is 40.1 Å². The van der Waals surface area contributed by atoms with Crippen molar-refractivity contribution in [2.45, 2.75) is 20.3 Å². The van der Waals surface area contributed by atoms with E-state index in [2.05, 4.69) is 60.9 Å². The van der Waals surface area contributed by atoms with Crippen LogP contribution >= 0.6 is 0 Å². The predicted octanol–water partition coefficient (Wildman–Crippen LogP) is 6.13. The minimum absolute atomic E-state index is 0.165. The van der Waals surface area contributed by atoms with Gasteiger partial charge in [-0.1, -0.05) is 26.5 Å². The maximum atomic E-state index is 16.0. The molecule has 6 aromatic heterocycles. The van der Waals surface area contributed by atoms with E-state index in [1.807, 2.05) is 24.3 Å². The first-order chi connectivity index (χ1) is 18.5. The monoisotopic (exact) mass is 505 g/mol. The van der Waals surface area contributed by atoms with E-state index in [1.165, 1.54) is 0 Å². The highest BCUT2D eigenvalue weighted by Gasteiger charge is 2.21. The van der Waals surface area contributed by atoms with Crippen LogP contribution in [0.25, 0.3) is 56.0 Å². The Morgan fingerprint density at radius 1 is 1.03 bits per heavy atom. The summed E-state index contributed by atoms with van der Waals surface area (Å²) in [7, 11) is 0. The molecule has 0 atom stereocenters. The lowest BCUT2D eigenvalue weighted by Gasteiger charge is -2.12. The molecule has 6 aromatic rings. The zero-order chi connectivity index (χ0) is 26.2. The van der Waals surface area contributed by atoms with Crippen molar-refractivity contribution in [1.29, 1.82) is 0 Å². The number of H-pyrrole nitrogens is 2. The number of aromatic amines is 2. The van der Waals surface area contributed by atoms with Gasteiger partial charge in [0, 0.05) is 35.4 Å². The summed E-state index contributed by atoms with van der Waals surface area (Å²) in [6, 6.07) is 7.45. The minimum atomic E-state index is -0.519. The molecular weight excluding hydrogens is 481 g/mol. The summed E-state index contributed by atoms with van der Waals surface area (Å²) < 4.78 is 16.0. The molecule has 38 heavy (non-hydrogen) atoms. The first-order valence-electron chi connectivity index (χ1n) is 12.2. The standard InChI is InChI=1S/C28H24FN9/c1-15(2)8-16(3)34-18-9-17(10-30-11-18)25-24(29)23-21(14-33-25)37-38-27(23)28-35-22-13-31-12-19(26(22)36-28)20-6-4-5-7-32-20/h4-7,9-15,34H,3,8H2,1-2H3,(H,35,36)(H,37,38). The van der Waals surface area contributed by atoms with E-state index in [4.69, 9.17) is 4.98 Å². The number of pyridine rings is 4. The van der Waals surface area contributed by atoms with Crippen LogP contribution in [0, 0.1) is 11.7 Å². The molecule has 0 aliphatic carbocycles. The second-order valence-corrected chi connectivity index (χ2v) is 9.45. The molecule has 0 unspecified atom stereocenters. The number of fused-ring (bicyclic) bond motifs is 2. The maximum Gasteiger partial charge on any atom is 0.161 e. The second kappa shape index (κ2) is 9.47. The minimum Gasteiger partial charge on any atom is -0.358 e. The van der Waals surface area contributed by atoms with Crippen molar-refractivity contribution in [2.24, 2.45) is 5.92 Å². The summed E-state index contributed by atoms with van der Waals surface area (Å²) in [5, 5.41) is 10.8. The normalized spacial score (nSPS) is 11.5. The Balaban J connectivity index is 1.42. The van der Waals surface area contributed by atoms with Gasteiger partial charge in [0.15, 0.2) is 11.6 Å². The molecular formula is C28H24FN9. The summed E-state index contributed by atoms with van der Waals surface area (Å²) in [5.74, 6) is 0.349. The molecule has 0 saturated heterocycles. The molecule has 0 aliphatic heterocycles. The highest BCUT2D eigenvalue weighted by atomic mass is 19.1. The Kier molecular flexibility index (Phi) is 5.83. The van der Waals surface area contributed by atoms with Crippen LogP contribution in [-0.2, 0) is 0 Å². The predicted molar refractivity (Wildman–Crippen MR) is 145 cm³/mol. The van der Waals surface area contributed by atoms with E-state index in [9.17, 15) is 0 Å². The fourth-order valence-electron chi connectivity index (χ4n) is 4.49. The van der Waals surface area contributed by atoms with Crippen molar-refractivity contribution in [3.8, 4) is 34.0 Å². The van der Waals surface area contributed by atoms with Crippen LogP contribution in [0.4, 0.5) is 10.1 Å². The third kappa shape index (κ3) is 4.26. The van der Waals surface area contributed by atoms with Crippen LogP contribution in [0.5, 0.6) is 0 Å². The van der Waals surface area contributed by atoms with Crippen LogP contribution < -0.4 is 5.32 Å². The number of halogens is 1. The van der Waals surface area contributed by atoms with E-state index in [0.717, 1.165) is 23.4 Å². The molecule has 0 amide bonds. The number of allylic oxidation sites excluding steroid dienone is 1. The molecule has 3 N–H and O–H groups in total. The number of hydrogen-bond acceptors (Lipinski definition) is 7. The molecule has 0 saturated carbocycles.